The number of ether oxygens (including phenoxy) is 2. The van der Waals surface area contributed by atoms with Crippen LogP contribution in [0.15, 0.2) is 61.2 Å². The highest BCUT2D eigenvalue weighted by Gasteiger charge is 2.28. The molecule has 1 saturated carbocycles. The van der Waals surface area contributed by atoms with Gasteiger partial charge in [0.15, 0.2) is 0 Å². The summed E-state index contributed by atoms with van der Waals surface area (Å²) in [7, 11) is 0. The van der Waals surface area contributed by atoms with E-state index in [1.165, 1.54) is 12.7 Å². The van der Waals surface area contributed by atoms with Gasteiger partial charge < -0.3 is 19.4 Å². The first-order valence-corrected chi connectivity index (χ1v) is 12.2. The number of anilines is 2. The van der Waals surface area contributed by atoms with Gasteiger partial charge >= 0.3 is 0 Å². The molecule has 6 rings (SSSR count). The van der Waals surface area contributed by atoms with Crippen LogP contribution in [0, 0.1) is 11.3 Å². The Morgan fingerprint density at radius 1 is 0.971 bits per heavy atom. The zero-order valence-electron chi connectivity index (χ0n) is 19.5. The Labute approximate surface area is 204 Å². The summed E-state index contributed by atoms with van der Waals surface area (Å²) in [5.41, 5.74) is 5.60. The molecule has 35 heavy (non-hydrogen) atoms. The molecule has 2 aliphatic rings. The van der Waals surface area contributed by atoms with E-state index in [0.29, 0.717) is 6.04 Å². The monoisotopic (exact) mass is 465 g/mol. The fraction of sp³-hybridized carbons (Fsp3) is 0.321. The van der Waals surface area contributed by atoms with E-state index >= 15 is 0 Å². The summed E-state index contributed by atoms with van der Waals surface area (Å²) in [5.74, 6) is 0.864. The van der Waals surface area contributed by atoms with Crippen LogP contribution < -0.4 is 10.1 Å². The molecule has 3 heterocycles. The molecule has 0 unspecified atom stereocenters. The highest BCUT2D eigenvalue weighted by Crippen LogP contribution is 2.43. The molecule has 1 aliphatic carbocycles. The molecule has 2 aromatic carbocycles. The van der Waals surface area contributed by atoms with Gasteiger partial charge in [0.1, 0.15) is 24.3 Å². The summed E-state index contributed by atoms with van der Waals surface area (Å²) in [6, 6.07) is 17.3. The van der Waals surface area contributed by atoms with E-state index in [1.807, 2.05) is 24.3 Å². The Morgan fingerprint density at radius 3 is 2.43 bits per heavy atom. The standard InChI is InChI=1S/C28H27N5O2/c29-15-26-25-9-8-24(35-23-10-12-34-13-11-23)14-27(25)33(22-2-1-3-22)28(26)19-4-6-20(7-5-19)32-21-16-30-18-31-17-21/h4-9,14,16-18,22-23,32H,1-3,10-13H2. The summed E-state index contributed by atoms with van der Waals surface area (Å²) >= 11 is 0. The second-order valence-electron chi connectivity index (χ2n) is 9.23. The lowest BCUT2D eigenvalue weighted by atomic mass is 9.92. The third-order valence-corrected chi connectivity index (χ3v) is 7.01. The van der Waals surface area contributed by atoms with Crippen molar-refractivity contribution in [1.82, 2.24) is 14.5 Å². The number of aromatic nitrogens is 3. The first-order chi connectivity index (χ1) is 17.3. The van der Waals surface area contributed by atoms with Crippen molar-refractivity contribution in [3.63, 3.8) is 0 Å². The summed E-state index contributed by atoms with van der Waals surface area (Å²) in [4.78, 5) is 8.11. The Kier molecular flexibility index (Phi) is 5.81. The minimum absolute atomic E-state index is 0.179. The molecule has 0 radical (unpaired) electrons. The lowest BCUT2D eigenvalue weighted by molar-refractivity contribution is 0.0256. The first-order valence-electron chi connectivity index (χ1n) is 12.2. The summed E-state index contributed by atoms with van der Waals surface area (Å²) in [5, 5.41) is 14.5. The van der Waals surface area contributed by atoms with Crippen LogP contribution in [0.4, 0.5) is 11.4 Å². The van der Waals surface area contributed by atoms with E-state index in [4.69, 9.17) is 9.47 Å². The molecule has 0 amide bonds. The SMILES string of the molecule is N#Cc1c(-c2ccc(Nc3cncnc3)cc2)n(C2CCC2)c2cc(OC3CCOCC3)ccc12. The fourth-order valence-corrected chi connectivity index (χ4v) is 5.01. The number of nitriles is 1. The van der Waals surface area contributed by atoms with Crippen molar-refractivity contribution in [1.29, 1.82) is 5.26 Å². The lowest BCUT2D eigenvalue weighted by Gasteiger charge is -2.30. The maximum atomic E-state index is 10.2. The smallest absolute Gasteiger partial charge is 0.121 e. The van der Waals surface area contributed by atoms with E-state index in [1.54, 1.807) is 12.4 Å². The van der Waals surface area contributed by atoms with Crippen molar-refractivity contribution < 1.29 is 9.47 Å². The molecule has 176 valence electrons. The fourth-order valence-electron chi connectivity index (χ4n) is 5.01. The Morgan fingerprint density at radius 2 is 1.74 bits per heavy atom. The van der Waals surface area contributed by atoms with Gasteiger partial charge in [-0.1, -0.05) is 12.1 Å². The largest absolute Gasteiger partial charge is 0.490 e. The van der Waals surface area contributed by atoms with Gasteiger partial charge in [0, 0.05) is 36.0 Å². The molecule has 7 heteroatoms. The number of hydrogen-bond acceptors (Lipinski definition) is 6. The van der Waals surface area contributed by atoms with E-state index in [2.05, 4.69) is 44.1 Å². The van der Waals surface area contributed by atoms with Crippen LogP contribution in [0.3, 0.4) is 0 Å². The lowest BCUT2D eigenvalue weighted by Crippen LogP contribution is -2.25. The molecule has 0 spiro atoms. The zero-order valence-corrected chi connectivity index (χ0v) is 19.5. The van der Waals surface area contributed by atoms with Gasteiger partial charge in [0.2, 0.25) is 0 Å². The Balaban J connectivity index is 1.39. The number of rotatable bonds is 6. The number of benzene rings is 2. The van der Waals surface area contributed by atoms with Crippen LogP contribution in [-0.4, -0.2) is 33.9 Å². The van der Waals surface area contributed by atoms with Crippen molar-refractivity contribution in [3.8, 4) is 23.1 Å². The summed E-state index contributed by atoms with van der Waals surface area (Å²) < 4.78 is 14.2. The highest BCUT2D eigenvalue weighted by atomic mass is 16.5. The van der Waals surface area contributed by atoms with Crippen LogP contribution in [0.1, 0.15) is 43.7 Å². The molecule has 1 aliphatic heterocycles. The van der Waals surface area contributed by atoms with E-state index < -0.39 is 0 Å². The molecule has 0 bridgehead atoms. The molecule has 2 aromatic heterocycles. The van der Waals surface area contributed by atoms with E-state index in [-0.39, 0.29) is 6.10 Å². The normalized spacial score (nSPS) is 16.5. The average Bonchev–Trinajstić information content (AvgIpc) is 3.18. The minimum Gasteiger partial charge on any atom is -0.490 e. The van der Waals surface area contributed by atoms with Gasteiger partial charge in [-0.3, -0.25) is 0 Å². The second kappa shape index (κ2) is 9.40. The quantitative estimate of drug-likeness (QED) is 0.376. The summed E-state index contributed by atoms with van der Waals surface area (Å²) in [6.45, 7) is 1.49. The molecule has 4 aromatic rings. The highest BCUT2D eigenvalue weighted by molar-refractivity contribution is 5.95. The van der Waals surface area contributed by atoms with Crippen LogP contribution in [0.5, 0.6) is 5.75 Å². The Hall–Kier alpha value is -3.89. The van der Waals surface area contributed by atoms with Crippen molar-refractivity contribution >= 4 is 22.3 Å². The predicted octanol–water partition coefficient (Wildman–Crippen LogP) is 6.00. The molecule has 0 atom stereocenters. The molecule has 2 fully saturated rings. The van der Waals surface area contributed by atoms with Crippen molar-refractivity contribution in [3.05, 3.63) is 66.7 Å². The second-order valence-corrected chi connectivity index (χ2v) is 9.23. The maximum Gasteiger partial charge on any atom is 0.121 e. The maximum absolute atomic E-state index is 10.2. The molecule has 1 saturated heterocycles. The zero-order chi connectivity index (χ0) is 23.6. The van der Waals surface area contributed by atoms with Gasteiger partial charge in [-0.05, 0) is 49.1 Å². The number of fused-ring (bicyclic) bond motifs is 1. The predicted molar refractivity (Wildman–Crippen MR) is 135 cm³/mol. The molecule has 7 nitrogen and oxygen atoms in total. The third kappa shape index (κ3) is 4.22. The topological polar surface area (TPSA) is 85.0 Å². The minimum atomic E-state index is 0.179. The van der Waals surface area contributed by atoms with Gasteiger partial charge in [0.05, 0.1) is 48.1 Å². The molecular weight excluding hydrogens is 438 g/mol. The van der Waals surface area contributed by atoms with Crippen LogP contribution >= 0.6 is 0 Å². The van der Waals surface area contributed by atoms with Crippen molar-refractivity contribution in [2.75, 3.05) is 18.5 Å². The first kappa shape index (κ1) is 21.6. The van der Waals surface area contributed by atoms with Crippen molar-refractivity contribution in [2.45, 2.75) is 44.2 Å². The van der Waals surface area contributed by atoms with Crippen LogP contribution in [0.25, 0.3) is 22.2 Å². The Bertz CT molecular complexity index is 1360. The summed E-state index contributed by atoms with van der Waals surface area (Å²) in [6.07, 6.45) is 10.5. The number of hydrogen-bond donors (Lipinski definition) is 1. The van der Waals surface area contributed by atoms with Gasteiger partial charge in [-0.15, -0.1) is 0 Å². The van der Waals surface area contributed by atoms with Crippen LogP contribution in [-0.2, 0) is 4.74 Å². The van der Waals surface area contributed by atoms with Gasteiger partial charge in [-0.2, -0.15) is 5.26 Å². The van der Waals surface area contributed by atoms with Gasteiger partial charge in [-0.25, -0.2) is 9.97 Å². The van der Waals surface area contributed by atoms with Gasteiger partial charge in [0.25, 0.3) is 0 Å². The third-order valence-electron chi connectivity index (χ3n) is 7.01. The van der Waals surface area contributed by atoms with E-state index in [0.717, 1.165) is 83.7 Å². The number of nitrogens with one attached hydrogen (secondary N) is 1. The van der Waals surface area contributed by atoms with E-state index in [9.17, 15) is 5.26 Å². The van der Waals surface area contributed by atoms with Crippen LogP contribution in [0.2, 0.25) is 0 Å². The molecule has 1 N–H and O–H groups in total. The molecular formula is C28H27N5O2. The average molecular weight is 466 g/mol. The van der Waals surface area contributed by atoms with Crippen molar-refractivity contribution in [2.24, 2.45) is 0 Å². The number of nitrogens with zero attached hydrogens (tertiary/aromatic N) is 4.